The molecule has 2 aromatic carbocycles. The Kier molecular flexibility index (Phi) is 4.69. The number of aryl methyl sites for hydroxylation is 1. The second-order valence-electron chi connectivity index (χ2n) is 4.97. The Hall–Kier alpha value is -1.51. The summed E-state index contributed by atoms with van der Waals surface area (Å²) in [6, 6.07) is 14.1. The molecule has 0 saturated carbocycles. The maximum atomic E-state index is 9.58. The summed E-state index contributed by atoms with van der Waals surface area (Å²) < 4.78 is 0. The molecule has 0 amide bonds. The topological polar surface area (TPSA) is 23.5 Å². The van der Waals surface area contributed by atoms with Crippen molar-refractivity contribution in [1.29, 1.82) is 0 Å². The van der Waals surface area contributed by atoms with Crippen molar-refractivity contribution in [3.63, 3.8) is 0 Å². The summed E-state index contributed by atoms with van der Waals surface area (Å²) in [6.45, 7) is 3.88. The lowest BCUT2D eigenvalue weighted by Gasteiger charge is -2.22. The summed E-state index contributed by atoms with van der Waals surface area (Å²) in [4.78, 5) is 2.05. The van der Waals surface area contributed by atoms with Gasteiger partial charge in [-0.3, -0.25) is 0 Å². The van der Waals surface area contributed by atoms with Crippen molar-refractivity contribution in [3.8, 4) is 0 Å². The smallest absolute Gasteiger partial charge is 0.0762 e. The van der Waals surface area contributed by atoms with Crippen LogP contribution in [0.4, 0.5) is 11.4 Å². The lowest BCUT2D eigenvalue weighted by atomic mass is 10.1. The lowest BCUT2D eigenvalue weighted by Crippen LogP contribution is -2.10. The molecule has 0 radical (unpaired) electrons. The van der Waals surface area contributed by atoms with Crippen LogP contribution < -0.4 is 4.90 Å². The Balaban J connectivity index is 2.30. The monoisotopic (exact) mass is 289 g/mol. The molecule has 0 aliphatic rings. The maximum absolute atomic E-state index is 9.58. The second kappa shape index (κ2) is 6.29. The highest BCUT2D eigenvalue weighted by Crippen LogP contribution is 2.32. The quantitative estimate of drug-likeness (QED) is 0.880. The second-order valence-corrected chi connectivity index (χ2v) is 5.37. The number of rotatable bonds is 4. The van der Waals surface area contributed by atoms with Crippen molar-refractivity contribution in [2.75, 3.05) is 11.9 Å². The molecule has 0 aromatic heterocycles. The minimum Gasteiger partial charge on any atom is -0.389 e. The highest BCUT2D eigenvalue weighted by atomic mass is 35.5. The average Bonchev–Trinajstić information content (AvgIpc) is 2.46. The van der Waals surface area contributed by atoms with Gasteiger partial charge in [0.05, 0.1) is 16.8 Å². The first-order chi connectivity index (χ1) is 9.52. The van der Waals surface area contributed by atoms with Gasteiger partial charge in [-0.15, -0.1) is 0 Å². The molecule has 0 aliphatic heterocycles. The van der Waals surface area contributed by atoms with E-state index in [2.05, 4.69) is 31.2 Å². The minimum atomic E-state index is -0.504. The van der Waals surface area contributed by atoms with Crippen LogP contribution in [0.1, 0.15) is 31.1 Å². The highest BCUT2D eigenvalue weighted by Gasteiger charge is 2.10. The Morgan fingerprint density at radius 3 is 2.30 bits per heavy atom. The molecule has 0 fully saturated rings. The van der Waals surface area contributed by atoms with Crippen LogP contribution in [0.15, 0.2) is 42.5 Å². The number of hydrogen-bond acceptors (Lipinski definition) is 2. The Morgan fingerprint density at radius 1 is 1.15 bits per heavy atom. The van der Waals surface area contributed by atoms with E-state index in [1.165, 1.54) is 5.56 Å². The van der Waals surface area contributed by atoms with Crippen LogP contribution in [0.3, 0.4) is 0 Å². The van der Waals surface area contributed by atoms with E-state index in [1.807, 2.05) is 30.1 Å². The van der Waals surface area contributed by atoms with E-state index >= 15 is 0 Å². The van der Waals surface area contributed by atoms with Gasteiger partial charge in [-0.25, -0.2) is 0 Å². The van der Waals surface area contributed by atoms with Crippen LogP contribution in [-0.4, -0.2) is 12.2 Å². The predicted octanol–water partition coefficient (Wildman–Crippen LogP) is 4.72. The van der Waals surface area contributed by atoms with Gasteiger partial charge >= 0.3 is 0 Å². The molecule has 2 nitrogen and oxygen atoms in total. The molecule has 1 N–H and O–H groups in total. The molecule has 0 saturated heterocycles. The van der Waals surface area contributed by atoms with E-state index in [9.17, 15) is 5.11 Å². The molecule has 20 heavy (non-hydrogen) atoms. The molecule has 2 aromatic rings. The van der Waals surface area contributed by atoms with Gasteiger partial charge in [0.15, 0.2) is 0 Å². The van der Waals surface area contributed by atoms with E-state index in [-0.39, 0.29) is 0 Å². The zero-order chi connectivity index (χ0) is 14.7. The van der Waals surface area contributed by atoms with Gasteiger partial charge < -0.3 is 10.0 Å². The molecule has 0 bridgehead atoms. The molecule has 0 heterocycles. The van der Waals surface area contributed by atoms with Crippen LogP contribution in [0.25, 0.3) is 0 Å². The van der Waals surface area contributed by atoms with Gasteiger partial charge in [0.25, 0.3) is 0 Å². The Labute approximate surface area is 125 Å². The van der Waals surface area contributed by atoms with Crippen LogP contribution in [0, 0.1) is 0 Å². The molecule has 106 valence electrons. The third-order valence-corrected chi connectivity index (χ3v) is 3.85. The zero-order valence-electron chi connectivity index (χ0n) is 12.1. The van der Waals surface area contributed by atoms with Crippen molar-refractivity contribution < 1.29 is 5.11 Å². The van der Waals surface area contributed by atoms with Crippen molar-refractivity contribution in [3.05, 3.63) is 58.6 Å². The maximum Gasteiger partial charge on any atom is 0.0762 e. The van der Waals surface area contributed by atoms with Gasteiger partial charge in [-0.2, -0.15) is 0 Å². The van der Waals surface area contributed by atoms with E-state index in [0.717, 1.165) is 23.4 Å². The molecule has 2 rings (SSSR count). The molecule has 0 unspecified atom stereocenters. The lowest BCUT2D eigenvalue weighted by molar-refractivity contribution is 0.199. The largest absolute Gasteiger partial charge is 0.389 e. The third kappa shape index (κ3) is 3.14. The first-order valence-corrected chi connectivity index (χ1v) is 7.21. The highest BCUT2D eigenvalue weighted by molar-refractivity contribution is 6.33. The number of halogens is 1. The van der Waals surface area contributed by atoms with Crippen molar-refractivity contribution in [1.82, 2.24) is 0 Å². The molecule has 1 atom stereocenters. The van der Waals surface area contributed by atoms with E-state index in [0.29, 0.717) is 5.02 Å². The molecular formula is C17H20ClNO. The fourth-order valence-electron chi connectivity index (χ4n) is 2.15. The SMILES string of the molecule is CCc1ccc(N(C)c2ccc([C@@H](C)O)cc2Cl)cc1. The van der Waals surface area contributed by atoms with Crippen molar-refractivity contribution in [2.24, 2.45) is 0 Å². The fraction of sp³-hybridized carbons (Fsp3) is 0.294. The molecule has 3 heteroatoms. The Morgan fingerprint density at radius 2 is 1.80 bits per heavy atom. The normalized spacial score (nSPS) is 12.2. The summed E-state index contributed by atoms with van der Waals surface area (Å²) in [5.74, 6) is 0. The predicted molar refractivity (Wildman–Crippen MR) is 86.0 cm³/mol. The van der Waals surface area contributed by atoms with Gasteiger partial charge in [-0.1, -0.05) is 36.7 Å². The number of nitrogens with zero attached hydrogens (tertiary/aromatic N) is 1. The third-order valence-electron chi connectivity index (χ3n) is 3.55. The van der Waals surface area contributed by atoms with E-state index in [4.69, 9.17) is 11.6 Å². The van der Waals surface area contributed by atoms with Crippen LogP contribution >= 0.6 is 11.6 Å². The summed E-state index contributed by atoms with van der Waals surface area (Å²) in [5.41, 5.74) is 4.17. The summed E-state index contributed by atoms with van der Waals surface area (Å²) in [6.07, 6.45) is 0.532. The number of benzene rings is 2. The van der Waals surface area contributed by atoms with Gasteiger partial charge in [-0.05, 0) is 48.7 Å². The van der Waals surface area contributed by atoms with Crippen LogP contribution in [0.2, 0.25) is 5.02 Å². The van der Waals surface area contributed by atoms with E-state index in [1.54, 1.807) is 6.92 Å². The number of aliphatic hydroxyl groups excluding tert-OH is 1. The first-order valence-electron chi connectivity index (χ1n) is 6.83. The molecular weight excluding hydrogens is 270 g/mol. The summed E-state index contributed by atoms with van der Waals surface area (Å²) >= 11 is 6.32. The zero-order valence-corrected chi connectivity index (χ0v) is 12.9. The average molecular weight is 290 g/mol. The number of hydrogen-bond donors (Lipinski definition) is 1. The molecule has 0 aliphatic carbocycles. The van der Waals surface area contributed by atoms with Crippen LogP contribution in [-0.2, 0) is 6.42 Å². The van der Waals surface area contributed by atoms with Gasteiger partial charge in [0, 0.05) is 12.7 Å². The molecule has 0 spiro atoms. The Bertz CT molecular complexity index is 578. The number of aliphatic hydroxyl groups is 1. The van der Waals surface area contributed by atoms with Crippen molar-refractivity contribution in [2.45, 2.75) is 26.4 Å². The first kappa shape index (κ1) is 14.9. The van der Waals surface area contributed by atoms with Gasteiger partial charge in [0.1, 0.15) is 0 Å². The number of anilines is 2. The minimum absolute atomic E-state index is 0.504. The van der Waals surface area contributed by atoms with Crippen LogP contribution in [0.5, 0.6) is 0 Å². The van der Waals surface area contributed by atoms with Crippen molar-refractivity contribution >= 4 is 23.0 Å². The fourth-order valence-corrected chi connectivity index (χ4v) is 2.47. The van der Waals surface area contributed by atoms with E-state index < -0.39 is 6.10 Å². The standard InChI is InChI=1S/C17H20ClNO/c1-4-13-5-8-15(9-6-13)19(3)17-10-7-14(12(2)20)11-16(17)18/h5-12,20H,4H2,1-3H3/t12-/m1/s1. The summed E-state index contributed by atoms with van der Waals surface area (Å²) in [7, 11) is 1.99. The van der Waals surface area contributed by atoms with Gasteiger partial charge in [0.2, 0.25) is 0 Å². The summed E-state index contributed by atoms with van der Waals surface area (Å²) in [5, 5.41) is 10.2.